The minimum absolute atomic E-state index is 0.408. The minimum atomic E-state index is 0.408. The Balaban J connectivity index is 1.80. The monoisotopic (exact) mass is 264 g/mol. The average molecular weight is 264 g/mol. The molecule has 108 valence electrons. The number of rotatable bonds is 6. The van der Waals surface area contributed by atoms with Gasteiger partial charge in [-0.1, -0.05) is 19.3 Å². The van der Waals surface area contributed by atoms with Gasteiger partial charge in [0.15, 0.2) is 0 Å². The summed E-state index contributed by atoms with van der Waals surface area (Å²) >= 11 is 0. The molecule has 2 rings (SSSR count). The Morgan fingerprint density at radius 1 is 1.26 bits per heavy atom. The fourth-order valence-corrected chi connectivity index (χ4v) is 3.20. The van der Waals surface area contributed by atoms with Gasteiger partial charge < -0.3 is 10.2 Å². The Labute approximate surface area is 117 Å². The van der Waals surface area contributed by atoms with Crippen LogP contribution in [0.4, 0.5) is 0 Å². The van der Waals surface area contributed by atoms with Gasteiger partial charge in [-0.15, -0.1) is 0 Å². The van der Waals surface area contributed by atoms with Crippen molar-refractivity contribution in [3.8, 4) is 0 Å². The standard InChI is InChI=1S/C16H28N2O/c1-14-6-7-15(19-14)12-18(2)11-10-16(13-17)8-4-3-5-9-16/h6-7H,3-5,8-13,17H2,1-2H3. The van der Waals surface area contributed by atoms with Crippen molar-refractivity contribution in [3.63, 3.8) is 0 Å². The Kier molecular flexibility index (Phi) is 5.06. The molecule has 1 heterocycles. The third kappa shape index (κ3) is 4.08. The predicted molar refractivity (Wildman–Crippen MR) is 79.0 cm³/mol. The van der Waals surface area contributed by atoms with Gasteiger partial charge in [0.1, 0.15) is 11.5 Å². The summed E-state index contributed by atoms with van der Waals surface area (Å²) < 4.78 is 5.63. The second kappa shape index (κ2) is 6.58. The summed E-state index contributed by atoms with van der Waals surface area (Å²) in [4.78, 5) is 2.35. The molecule has 1 aliphatic carbocycles. The Bertz CT molecular complexity index is 380. The van der Waals surface area contributed by atoms with E-state index >= 15 is 0 Å². The summed E-state index contributed by atoms with van der Waals surface area (Å²) in [6.07, 6.45) is 7.97. The van der Waals surface area contributed by atoms with Crippen molar-refractivity contribution in [3.05, 3.63) is 23.7 Å². The smallest absolute Gasteiger partial charge is 0.118 e. The summed E-state index contributed by atoms with van der Waals surface area (Å²) in [7, 11) is 2.17. The molecule has 0 atom stereocenters. The molecule has 1 aromatic heterocycles. The summed E-state index contributed by atoms with van der Waals surface area (Å²) in [6.45, 7) is 4.85. The molecule has 0 radical (unpaired) electrons. The quantitative estimate of drug-likeness (QED) is 0.857. The van der Waals surface area contributed by atoms with Crippen LogP contribution >= 0.6 is 0 Å². The van der Waals surface area contributed by atoms with E-state index in [-0.39, 0.29) is 0 Å². The summed E-state index contributed by atoms with van der Waals surface area (Å²) in [5.74, 6) is 2.06. The van der Waals surface area contributed by atoms with Crippen LogP contribution in [0.25, 0.3) is 0 Å². The first-order valence-corrected chi connectivity index (χ1v) is 7.57. The summed E-state index contributed by atoms with van der Waals surface area (Å²) in [5.41, 5.74) is 6.45. The van der Waals surface area contributed by atoms with Gasteiger partial charge in [0.2, 0.25) is 0 Å². The zero-order chi connectivity index (χ0) is 13.7. The fourth-order valence-electron chi connectivity index (χ4n) is 3.20. The molecule has 1 fully saturated rings. The number of aryl methyl sites for hydroxylation is 1. The van der Waals surface area contributed by atoms with Crippen molar-refractivity contribution in [1.29, 1.82) is 0 Å². The van der Waals surface area contributed by atoms with Crippen LogP contribution < -0.4 is 5.73 Å². The SMILES string of the molecule is Cc1ccc(CN(C)CCC2(CN)CCCCC2)o1. The van der Waals surface area contributed by atoms with E-state index in [1.165, 1.54) is 38.5 Å². The average Bonchev–Trinajstić information content (AvgIpc) is 2.83. The Morgan fingerprint density at radius 3 is 2.58 bits per heavy atom. The van der Waals surface area contributed by atoms with E-state index in [9.17, 15) is 0 Å². The van der Waals surface area contributed by atoms with Gasteiger partial charge in [0.25, 0.3) is 0 Å². The summed E-state index contributed by atoms with van der Waals surface area (Å²) in [6, 6.07) is 4.11. The second-order valence-electron chi connectivity index (χ2n) is 6.26. The molecule has 0 bridgehead atoms. The highest BCUT2D eigenvalue weighted by molar-refractivity contribution is 5.05. The molecule has 0 unspecified atom stereocenters. The maximum absolute atomic E-state index is 6.04. The topological polar surface area (TPSA) is 42.4 Å². The van der Waals surface area contributed by atoms with E-state index < -0.39 is 0 Å². The van der Waals surface area contributed by atoms with E-state index in [0.717, 1.165) is 31.2 Å². The van der Waals surface area contributed by atoms with Crippen LogP contribution in [0, 0.1) is 12.3 Å². The molecule has 3 nitrogen and oxygen atoms in total. The Hall–Kier alpha value is -0.800. The van der Waals surface area contributed by atoms with Crippen molar-refractivity contribution in [2.24, 2.45) is 11.1 Å². The first-order chi connectivity index (χ1) is 9.13. The number of hydrogen-bond acceptors (Lipinski definition) is 3. The van der Waals surface area contributed by atoms with Crippen molar-refractivity contribution in [2.75, 3.05) is 20.1 Å². The predicted octanol–water partition coefficient (Wildman–Crippen LogP) is 3.32. The normalized spacial score (nSPS) is 18.9. The second-order valence-corrected chi connectivity index (χ2v) is 6.26. The van der Waals surface area contributed by atoms with Gasteiger partial charge in [-0.3, -0.25) is 4.90 Å². The molecule has 3 heteroatoms. The Morgan fingerprint density at radius 2 is 2.00 bits per heavy atom. The molecule has 0 aromatic carbocycles. The zero-order valence-corrected chi connectivity index (χ0v) is 12.5. The van der Waals surface area contributed by atoms with Crippen molar-refractivity contribution in [1.82, 2.24) is 4.90 Å². The third-order valence-corrected chi connectivity index (χ3v) is 4.59. The molecular formula is C16H28N2O. The first-order valence-electron chi connectivity index (χ1n) is 7.57. The molecule has 0 saturated heterocycles. The van der Waals surface area contributed by atoms with Gasteiger partial charge in [-0.05, 0) is 63.9 Å². The molecular weight excluding hydrogens is 236 g/mol. The van der Waals surface area contributed by atoms with E-state index in [1.54, 1.807) is 0 Å². The highest BCUT2D eigenvalue weighted by Gasteiger charge is 2.30. The van der Waals surface area contributed by atoms with Crippen molar-refractivity contribution >= 4 is 0 Å². The fraction of sp³-hybridized carbons (Fsp3) is 0.750. The molecule has 1 aromatic rings. The van der Waals surface area contributed by atoms with Gasteiger partial charge in [-0.2, -0.15) is 0 Å². The minimum Gasteiger partial charge on any atom is -0.465 e. The van der Waals surface area contributed by atoms with Crippen LogP contribution in [0.1, 0.15) is 50.0 Å². The highest BCUT2D eigenvalue weighted by atomic mass is 16.3. The van der Waals surface area contributed by atoms with E-state index in [0.29, 0.717) is 5.41 Å². The zero-order valence-electron chi connectivity index (χ0n) is 12.5. The molecule has 0 aliphatic heterocycles. The van der Waals surface area contributed by atoms with E-state index in [2.05, 4.69) is 18.0 Å². The maximum atomic E-state index is 6.04. The summed E-state index contributed by atoms with van der Waals surface area (Å²) in [5, 5.41) is 0. The van der Waals surface area contributed by atoms with Crippen LogP contribution in [0.15, 0.2) is 16.5 Å². The first kappa shape index (κ1) is 14.6. The third-order valence-electron chi connectivity index (χ3n) is 4.59. The lowest BCUT2D eigenvalue weighted by Crippen LogP contribution is -2.36. The largest absolute Gasteiger partial charge is 0.465 e. The molecule has 1 saturated carbocycles. The van der Waals surface area contributed by atoms with Crippen LogP contribution in [-0.2, 0) is 6.54 Å². The molecule has 2 N–H and O–H groups in total. The van der Waals surface area contributed by atoms with Crippen LogP contribution in [-0.4, -0.2) is 25.0 Å². The highest BCUT2D eigenvalue weighted by Crippen LogP contribution is 2.38. The van der Waals surface area contributed by atoms with Gasteiger partial charge in [-0.25, -0.2) is 0 Å². The van der Waals surface area contributed by atoms with Crippen LogP contribution in [0.2, 0.25) is 0 Å². The van der Waals surface area contributed by atoms with Crippen molar-refractivity contribution in [2.45, 2.75) is 52.0 Å². The number of hydrogen-bond donors (Lipinski definition) is 1. The van der Waals surface area contributed by atoms with Gasteiger partial charge in [0, 0.05) is 0 Å². The maximum Gasteiger partial charge on any atom is 0.118 e. The molecule has 19 heavy (non-hydrogen) atoms. The lowest BCUT2D eigenvalue weighted by molar-refractivity contribution is 0.151. The molecule has 0 amide bonds. The lowest BCUT2D eigenvalue weighted by atomic mass is 9.72. The number of nitrogens with two attached hydrogens (primary N) is 1. The van der Waals surface area contributed by atoms with Gasteiger partial charge >= 0.3 is 0 Å². The number of nitrogens with zero attached hydrogens (tertiary/aromatic N) is 1. The molecule has 1 aliphatic rings. The van der Waals surface area contributed by atoms with Gasteiger partial charge in [0.05, 0.1) is 6.54 Å². The van der Waals surface area contributed by atoms with Crippen molar-refractivity contribution < 1.29 is 4.42 Å². The lowest BCUT2D eigenvalue weighted by Gasteiger charge is -2.37. The van der Waals surface area contributed by atoms with Crippen LogP contribution in [0.3, 0.4) is 0 Å². The molecule has 0 spiro atoms. The van der Waals surface area contributed by atoms with E-state index in [4.69, 9.17) is 10.2 Å². The number of furan rings is 1. The van der Waals surface area contributed by atoms with Crippen LogP contribution in [0.5, 0.6) is 0 Å². The van der Waals surface area contributed by atoms with E-state index in [1.807, 2.05) is 13.0 Å².